The Morgan fingerprint density at radius 3 is 2.50 bits per heavy atom. The minimum atomic E-state index is -0.0349. The number of hydrogen-bond donors (Lipinski definition) is 1. The predicted molar refractivity (Wildman–Crippen MR) is 81.5 cm³/mol. The molecule has 18 heavy (non-hydrogen) atoms. The third-order valence-corrected chi connectivity index (χ3v) is 3.76. The standard InChI is InChI=1S/C15H13NS.ClH/c16-15(12-8-9-17-10-12)14-7-3-5-11-4-1-2-6-13(11)14;/h1-10,15H,16H2;1H/t15-;/m1./s1. The maximum atomic E-state index is 6.33. The molecule has 0 bridgehead atoms. The number of halogens is 1. The van der Waals surface area contributed by atoms with Crippen LogP contribution in [-0.4, -0.2) is 0 Å². The van der Waals surface area contributed by atoms with Gasteiger partial charge in [0.25, 0.3) is 0 Å². The second-order valence-electron chi connectivity index (χ2n) is 4.10. The lowest BCUT2D eigenvalue weighted by molar-refractivity contribution is 0.886. The Balaban J connectivity index is 0.00000120. The van der Waals surface area contributed by atoms with E-state index in [1.165, 1.54) is 21.9 Å². The topological polar surface area (TPSA) is 26.0 Å². The molecule has 3 heteroatoms. The molecule has 1 nitrogen and oxygen atoms in total. The fourth-order valence-electron chi connectivity index (χ4n) is 2.15. The van der Waals surface area contributed by atoms with Crippen molar-refractivity contribution in [2.45, 2.75) is 6.04 Å². The molecule has 92 valence electrons. The van der Waals surface area contributed by atoms with E-state index in [1.807, 2.05) is 0 Å². The molecule has 3 aromatic rings. The molecule has 0 aliphatic carbocycles. The monoisotopic (exact) mass is 275 g/mol. The minimum absolute atomic E-state index is 0. The molecule has 0 radical (unpaired) electrons. The molecule has 3 rings (SSSR count). The molecule has 0 fully saturated rings. The number of rotatable bonds is 2. The lowest BCUT2D eigenvalue weighted by atomic mass is 9.96. The number of nitrogens with two attached hydrogens (primary N) is 1. The number of hydrogen-bond acceptors (Lipinski definition) is 2. The first kappa shape index (κ1) is 13.1. The van der Waals surface area contributed by atoms with E-state index < -0.39 is 0 Å². The smallest absolute Gasteiger partial charge is 0.0565 e. The molecule has 0 amide bonds. The Bertz CT molecular complexity index is 629. The van der Waals surface area contributed by atoms with Crippen molar-refractivity contribution >= 4 is 34.5 Å². The van der Waals surface area contributed by atoms with Crippen LogP contribution in [0.2, 0.25) is 0 Å². The van der Waals surface area contributed by atoms with Crippen molar-refractivity contribution in [3.63, 3.8) is 0 Å². The summed E-state index contributed by atoms with van der Waals surface area (Å²) >= 11 is 1.69. The van der Waals surface area contributed by atoms with Gasteiger partial charge < -0.3 is 5.73 Å². The summed E-state index contributed by atoms with van der Waals surface area (Å²) in [6.07, 6.45) is 0. The lowest BCUT2D eigenvalue weighted by Crippen LogP contribution is -2.11. The van der Waals surface area contributed by atoms with E-state index in [0.717, 1.165) is 0 Å². The zero-order valence-electron chi connectivity index (χ0n) is 9.74. The van der Waals surface area contributed by atoms with E-state index in [-0.39, 0.29) is 18.4 Å². The van der Waals surface area contributed by atoms with Crippen LogP contribution in [0.3, 0.4) is 0 Å². The second-order valence-corrected chi connectivity index (χ2v) is 4.88. The average Bonchev–Trinajstić information content (AvgIpc) is 2.91. The summed E-state index contributed by atoms with van der Waals surface area (Å²) in [7, 11) is 0. The van der Waals surface area contributed by atoms with Crippen LogP contribution in [0.1, 0.15) is 17.2 Å². The van der Waals surface area contributed by atoms with Crippen LogP contribution in [0.15, 0.2) is 59.3 Å². The highest BCUT2D eigenvalue weighted by atomic mass is 35.5. The molecule has 2 aromatic carbocycles. The summed E-state index contributed by atoms with van der Waals surface area (Å²) in [5.74, 6) is 0. The third kappa shape index (κ3) is 2.27. The van der Waals surface area contributed by atoms with E-state index in [2.05, 4.69) is 59.3 Å². The summed E-state index contributed by atoms with van der Waals surface area (Å²) in [5, 5.41) is 6.68. The van der Waals surface area contributed by atoms with Gasteiger partial charge in [0.1, 0.15) is 0 Å². The highest BCUT2D eigenvalue weighted by Gasteiger charge is 2.11. The van der Waals surface area contributed by atoms with Gasteiger partial charge in [0, 0.05) is 0 Å². The first-order valence-electron chi connectivity index (χ1n) is 5.61. The molecule has 1 heterocycles. The summed E-state index contributed by atoms with van der Waals surface area (Å²) in [4.78, 5) is 0. The molecule has 1 aromatic heterocycles. The van der Waals surface area contributed by atoms with E-state index in [9.17, 15) is 0 Å². The Labute approximate surface area is 117 Å². The maximum Gasteiger partial charge on any atom is 0.0565 e. The van der Waals surface area contributed by atoms with Crippen LogP contribution < -0.4 is 5.73 Å². The molecule has 0 aliphatic heterocycles. The largest absolute Gasteiger partial charge is 0.320 e. The number of fused-ring (bicyclic) bond motifs is 1. The van der Waals surface area contributed by atoms with Crippen molar-refractivity contribution in [2.75, 3.05) is 0 Å². The summed E-state index contributed by atoms with van der Waals surface area (Å²) in [5.41, 5.74) is 8.72. The maximum absolute atomic E-state index is 6.33. The molecule has 2 N–H and O–H groups in total. The van der Waals surface area contributed by atoms with Gasteiger partial charge in [-0.3, -0.25) is 0 Å². The Kier molecular flexibility index (Phi) is 4.02. The van der Waals surface area contributed by atoms with Crippen molar-refractivity contribution in [3.05, 3.63) is 70.4 Å². The van der Waals surface area contributed by atoms with E-state index >= 15 is 0 Å². The molecule has 0 unspecified atom stereocenters. The summed E-state index contributed by atoms with van der Waals surface area (Å²) in [6.45, 7) is 0. The fourth-order valence-corrected chi connectivity index (χ4v) is 2.85. The van der Waals surface area contributed by atoms with Crippen molar-refractivity contribution in [1.82, 2.24) is 0 Å². The van der Waals surface area contributed by atoms with Crippen LogP contribution >= 0.6 is 23.7 Å². The molecule has 0 saturated carbocycles. The highest BCUT2D eigenvalue weighted by Crippen LogP contribution is 2.28. The first-order chi connectivity index (χ1) is 8.36. The van der Waals surface area contributed by atoms with Gasteiger partial charge in [-0.1, -0.05) is 42.5 Å². The zero-order chi connectivity index (χ0) is 11.7. The summed E-state index contributed by atoms with van der Waals surface area (Å²) in [6, 6.07) is 16.8. The fraction of sp³-hybridized carbons (Fsp3) is 0.0667. The van der Waals surface area contributed by atoms with Gasteiger partial charge in [-0.15, -0.1) is 12.4 Å². The molecule has 1 atom stereocenters. The van der Waals surface area contributed by atoms with Gasteiger partial charge in [0.2, 0.25) is 0 Å². The van der Waals surface area contributed by atoms with E-state index in [1.54, 1.807) is 11.3 Å². The highest BCUT2D eigenvalue weighted by molar-refractivity contribution is 7.08. The predicted octanol–water partition coefficient (Wildman–Crippen LogP) is 4.37. The summed E-state index contributed by atoms with van der Waals surface area (Å²) < 4.78 is 0. The SMILES string of the molecule is Cl.N[C@H](c1ccsc1)c1cccc2ccccc12. The third-order valence-electron chi connectivity index (χ3n) is 3.06. The van der Waals surface area contributed by atoms with Crippen molar-refractivity contribution < 1.29 is 0 Å². The zero-order valence-corrected chi connectivity index (χ0v) is 11.4. The molecule has 0 aliphatic rings. The first-order valence-corrected chi connectivity index (χ1v) is 6.56. The van der Waals surface area contributed by atoms with Gasteiger partial charge in [-0.2, -0.15) is 11.3 Å². The Morgan fingerprint density at radius 1 is 0.944 bits per heavy atom. The quantitative estimate of drug-likeness (QED) is 0.738. The molecular weight excluding hydrogens is 262 g/mol. The number of benzene rings is 2. The van der Waals surface area contributed by atoms with Crippen molar-refractivity contribution in [3.8, 4) is 0 Å². The van der Waals surface area contributed by atoms with Crippen LogP contribution in [0.25, 0.3) is 10.8 Å². The second kappa shape index (κ2) is 5.53. The van der Waals surface area contributed by atoms with Crippen molar-refractivity contribution in [2.24, 2.45) is 5.73 Å². The minimum Gasteiger partial charge on any atom is -0.320 e. The number of thiophene rings is 1. The molecule has 0 saturated heterocycles. The lowest BCUT2D eigenvalue weighted by Gasteiger charge is -2.13. The average molecular weight is 276 g/mol. The van der Waals surface area contributed by atoms with Crippen LogP contribution in [0.5, 0.6) is 0 Å². The van der Waals surface area contributed by atoms with Crippen molar-refractivity contribution in [1.29, 1.82) is 0 Å². The van der Waals surface area contributed by atoms with Crippen LogP contribution in [-0.2, 0) is 0 Å². The van der Waals surface area contributed by atoms with Crippen LogP contribution in [0.4, 0.5) is 0 Å². The van der Waals surface area contributed by atoms with Gasteiger partial charge in [0.05, 0.1) is 6.04 Å². The Hall–Kier alpha value is -1.35. The van der Waals surface area contributed by atoms with E-state index in [0.29, 0.717) is 0 Å². The normalized spacial score (nSPS) is 12.1. The van der Waals surface area contributed by atoms with Gasteiger partial charge in [-0.05, 0) is 38.7 Å². The van der Waals surface area contributed by atoms with Gasteiger partial charge >= 0.3 is 0 Å². The van der Waals surface area contributed by atoms with E-state index in [4.69, 9.17) is 5.73 Å². The van der Waals surface area contributed by atoms with Crippen LogP contribution in [0, 0.1) is 0 Å². The molecule has 0 spiro atoms. The van der Waals surface area contributed by atoms with Gasteiger partial charge in [-0.25, -0.2) is 0 Å². The van der Waals surface area contributed by atoms with Gasteiger partial charge in [0.15, 0.2) is 0 Å². The Morgan fingerprint density at radius 2 is 1.72 bits per heavy atom. The molecular formula is C15H14ClNS.